The van der Waals surface area contributed by atoms with E-state index in [1.54, 1.807) is 0 Å². The molecule has 1 nitrogen and oxygen atoms in total. The number of hydrogen-bond acceptors (Lipinski definition) is 0. The molecule has 0 aromatic rings. The zero-order chi connectivity index (χ0) is 5.91. The van der Waals surface area contributed by atoms with Crippen LogP contribution in [0.4, 0.5) is 0 Å². The largest absolute Gasteiger partial charge is 1.00 e. The molecular formula is C6H14IN. The normalized spacial score (nSPS) is 9.88. The number of hydrogen-bond donors (Lipinski definition) is 0. The summed E-state index contributed by atoms with van der Waals surface area (Å²) in [6.07, 6.45) is 1.93. The average Bonchev–Trinajstić information content (AvgIpc) is 1.30. The predicted molar refractivity (Wildman–Crippen MR) is 33.1 cm³/mol. The SMILES string of the molecule is C=CC[N+](C)(C)C.[I-]. The highest BCUT2D eigenvalue weighted by atomic mass is 127. The molecule has 8 heavy (non-hydrogen) atoms. The predicted octanol–water partition coefficient (Wildman–Crippen LogP) is -2.12. The lowest BCUT2D eigenvalue weighted by molar-refractivity contribution is -0.864. The lowest BCUT2D eigenvalue weighted by Gasteiger charge is -2.21. The van der Waals surface area contributed by atoms with Gasteiger partial charge in [-0.1, -0.05) is 6.58 Å². The van der Waals surface area contributed by atoms with Crippen LogP contribution in [0.15, 0.2) is 12.7 Å². The Kier molecular flexibility index (Phi) is 6.08. The number of likely N-dealkylation sites (N-methyl/N-ethyl adjacent to an activating group) is 1. The van der Waals surface area contributed by atoms with Gasteiger partial charge in [0.1, 0.15) is 0 Å². The molecular weight excluding hydrogens is 213 g/mol. The van der Waals surface area contributed by atoms with Crippen LogP contribution in [0.5, 0.6) is 0 Å². The zero-order valence-electron chi connectivity index (χ0n) is 5.82. The van der Waals surface area contributed by atoms with Crippen LogP contribution < -0.4 is 24.0 Å². The monoisotopic (exact) mass is 227 g/mol. The van der Waals surface area contributed by atoms with E-state index in [0.29, 0.717) is 0 Å². The molecule has 0 aromatic heterocycles. The van der Waals surface area contributed by atoms with Crippen LogP contribution in [0.1, 0.15) is 0 Å². The highest BCUT2D eigenvalue weighted by molar-refractivity contribution is 4.63. The molecule has 0 rings (SSSR count). The maximum Gasteiger partial charge on any atom is 0.0964 e. The molecule has 2 heteroatoms. The lowest BCUT2D eigenvalue weighted by atomic mass is 10.5. The van der Waals surface area contributed by atoms with Crippen LogP contribution in [0.25, 0.3) is 0 Å². The quantitative estimate of drug-likeness (QED) is 0.287. The number of halogens is 1. The summed E-state index contributed by atoms with van der Waals surface area (Å²) in [6, 6.07) is 0. The summed E-state index contributed by atoms with van der Waals surface area (Å²) in [6.45, 7) is 4.67. The van der Waals surface area contributed by atoms with Crippen LogP contribution in [-0.2, 0) is 0 Å². The minimum absolute atomic E-state index is 0. The number of quaternary nitrogens is 1. The molecule has 0 aromatic carbocycles. The smallest absolute Gasteiger partial charge is 0.0964 e. The fourth-order valence-electron chi connectivity index (χ4n) is 0.387. The van der Waals surface area contributed by atoms with Gasteiger partial charge >= 0.3 is 0 Å². The van der Waals surface area contributed by atoms with Crippen molar-refractivity contribution in [3.05, 3.63) is 12.7 Å². The van der Waals surface area contributed by atoms with Gasteiger partial charge in [-0.05, 0) is 6.08 Å². The van der Waals surface area contributed by atoms with Crippen molar-refractivity contribution in [1.29, 1.82) is 0 Å². The third-order valence-electron chi connectivity index (χ3n) is 0.677. The summed E-state index contributed by atoms with van der Waals surface area (Å²) < 4.78 is 0.976. The van der Waals surface area contributed by atoms with Gasteiger partial charge in [0.05, 0.1) is 27.7 Å². The Labute approximate surface area is 69.0 Å². The highest BCUT2D eigenvalue weighted by Gasteiger charge is 1.99. The lowest BCUT2D eigenvalue weighted by Crippen LogP contribution is -3.00. The fraction of sp³-hybridized carbons (Fsp3) is 0.667. The van der Waals surface area contributed by atoms with Crippen LogP contribution in [0.3, 0.4) is 0 Å². The van der Waals surface area contributed by atoms with Gasteiger partial charge in [0, 0.05) is 0 Å². The Hall–Kier alpha value is 0.430. The summed E-state index contributed by atoms with van der Waals surface area (Å²) >= 11 is 0. The minimum atomic E-state index is 0. The first-order chi connectivity index (χ1) is 3.06. The van der Waals surface area contributed by atoms with E-state index in [1.165, 1.54) is 0 Å². The molecule has 0 aliphatic rings. The Morgan fingerprint density at radius 3 is 1.75 bits per heavy atom. The molecule has 0 saturated heterocycles. The first-order valence-electron chi connectivity index (χ1n) is 2.47. The summed E-state index contributed by atoms with van der Waals surface area (Å²) in [5, 5.41) is 0. The maximum atomic E-state index is 3.63. The van der Waals surface area contributed by atoms with Gasteiger partial charge in [-0.15, -0.1) is 0 Å². The van der Waals surface area contributed by atoms with Crippen LogP contribution >= 0.6 is 0 Å². The molecule has 0 aliphatic heterocycles. The van der Waals surface area contributed by atoms with E-state index in [4.69, 9.17) is 0 Å². The summed E-state index contributed by atoms with van der Waals surface area (Å²) in [7, 11) is 6.42. The van der Waals surface area contributed by atoms with E-state index >= 15 is 0 Å². The van der Waals surface area contributed by atoms with Gasteiger partial charge in [0.15, 0.2) is 0 Å². The van der Waals surface area contributed by atoms with Gasteiger partial charge in [-0.25, -0.2) is 0 Å². The summed E-state index contributed by atoms with van der Waals surface area (Å²) in [4.78, 5) is 0. The molecule has 0 unspecified atom stereocenters. The van der Waals surface area contributed by atoms with E-state index in [9.17, 15) is 0 Å². The highest BCUT2D eigenvalue weighted by Crippen LogP contribution is 1.86. The van der Waals surface area contributed by atoms with E-state index < -0.39 is 0 Å². The van der Waals surface area contributed by atoms with E-state index in [-0.39, 0.29) is 24.0 Å². The van der Waals surface area contributed by atoms with Crippen molar-refractivity contribution < 1.29 is 28.5 Å². The maximum absolute atomic E-state index is 3.63. The summed E-state index contributed by atoms with van der Waals surface area (Å²) in [5.74, 6) is 0. The van der Waals surface area contributed by atoms with Crippen molar-refractivity contribution in [2.45, 2.75) is 0 Å². The third-order valence-corrected chi connectivity index (χ3v) is 0.677. The van der Waals surface area contributed by atoms with Gasteiger partial charge in [0.25, 0.3) is 0 Å². The molecule has 0 bridgehead atoms. The van der Waals surface area contributed by atoms with Crippen molar-refractivity contribution in [2.24, 2.45) is 0 Å². The molecule has 0 spiro atoms. The van der Waals surface area contributed by atoms with Crippen molar-refractivity contribution in [1.82, 2.24) is 0 Å². The van der Waals surface area contributed by atoms with Crippen LogP contribution in [0, 0.1) is 0 Å². The summed E-state index contributed by atoms with van der Waals surface area (Å²) in [5.41, 5.74) is 0. The molecule has 0 saturated carbocycles. The number of nitrogens with zero attached hydrogens (tertiary/aromatic N) is 1. The first kappa shape index (κ1) is 11.3. The molecule has 0 radical (unpaired) electrons. The Morgan fingerprint density at radius 1 is 1.38 bits per heavy atom. The molecule has 0 atom stereocenters. The second-order valence-electron chi connectivity index (χ2n) is 2.76. The van der Waals surface area contributed by atoms with Crippen molar-refractivity contribution in [3.8, 4) is 0 Å². The average molecular weight is 227 g/mol. The molecule has 0 amide bonds. The standard InChI is InChI=1S/C6H14N.HI/c1-5-6-7(2,3)4;/h5H,1,6H2,2-4H3;1H/q+1;/p-1. The second kappa shape index (κ2) is 4.32. The van der Waals surface area contributed by atoms with Crippen molar-refractivity contribution >= 4 is 0 Å². The van der Waals surface area contributed by atoms with Gasteiger partial charge in [-0.2, -0.15) is 0 Å². The van der Waals surface area contributed by atoms with E-state index in [1.807, 2.05) is 6.08 Å². The molecule has 0 aliphatic carbocycles. The number of rotatable bonds is 2. The van der Waals surface area contributed by atoms with E-state index in [0.717, 1.165) is 11.0 Å². The fourth-order valence-corrected chi connectivity index (χ4v) is 0.387. The Balaban J connectivity index is 0. The first-order valence-corrected chi connectivity index (χ1v) is 2.47. The molecule has 0 fully saturated rings. The van der Waals surface area contributed by atoms with E-state index in [2.05, 4.69) is 27.7 Å². The van der Waals surface area contributed by atoms with Crippen LogP contribution in [0.2, 0.25) is 0 Å². The minimum Gasteiger partial charge on any atom is -1.00 e. The van der Waals surface area contributed by atoms with Gasteiger partial charge in [-0.3, -0.25) is 0 Å². The molecule has 0 N–H and O–H groups in total. The Morgan fingerprint density at radius 2 is 1.75 bits per heavy atom. The topological polar surface area (TPSA) is 0 Å². The van der Waals surface area contributed by atoms with Gasteiger partial charge in [0.2, 0.25) is 0 Å². The molecule has 0 heterocycles. The van der Waals surface area contributed by atoms with Crippen LogP contribution in [-0.4, -0.2) is 32.2 Å². The molecule has 50 valence electrons. The van der Waals surface area contributed by atoms with Crippen molar-refractivity contribution in [3.63, 3.8) is 0 Å². The second-order valence-corrected chi connectivity index (χ2v) is 2.76. The van der Waals surface area contributed by atoms with Gasteiger partial charge < -0.3 is 28.5 Å². The zero-order valence-corrected chi connectivity index (χ0v) is 7.97. The van der Waals surface area contributed by atoms with Crippen molar-refractivity contribution in [2.75, 3.05) is 27.7 Å². The Bertz CT molecular complexity index is 63.4. The third kappa shape index (κ3) is 9.66.